The molecule has 45 heavy (non-hydrogen) atoms. The van der Waals surface area contributed by atoms with Gasteiger partial charge in [0.25, 0.3) is 11.2 Å². The van der Waals surface area contributed by atoms with Crippen molar-refractivity contribution in [3.05, 3.63) is 80.3 Å². The highest BCUT2D eigenvalue weighted by atomic mass is 16.6. The number of nitro groups is 1. The average Bonchev–Trinajstić information content (AvgIpc) is 2.99. The number of aromatic nitrogens is 2. The van der Waals surface area contributed by atoms with E-state index in [4.69, 9.17) is 4.74 Å². The number of nitrogens with zero attached hydrogens (tertiary/aromatic N) is 5. The number of aromatic amines is 1. The van der Waals surface area contributed by atoms with Crippen molar-refractivity contribution in [3.8, 4) is 0 Å². The summed E-state index contributed by atoms with van der Waals surface area (Å²) in [5.74, 6) is 0.102. The van der Waals surface area contributed by atoms with Crippen LogP contribution in [0, 0.1) is 24.0 Å². The van der Waals surface area contributed by atoms with Gasteiger partial charge >= 0.3 is 12.1 Å². The summed E-state index contributed by atoms with van der Waals surface area (Å²) in [7, 11) is 0. The van der Waals surface area contributed by atoms with Crippen LogP contribution in [-0.2, 0) is 4.74 Å². The van der Waals surface area contributed by atoms with E-state index in [-0.39, 0.29) is 18.2 Å². The number of alkyl carbamates (subject to hydrolysis) is 1. The van der Waals surface area contributed by atoms with E-state index in [1.54, 1.807) is 19.1 Å². The Labute approximate surface area is 260 Å². The highest BCUT2D eigenvalue weighted by molar-refractivity contribution is 5.87. The summed E-state index contributed by atoms with van der Waals surface area (Å²) in [6.45, 7) is 8.06. The van der Waals surface area contributed by atoms with Gasteiger partial charge in [-0.25, -0.2) is 9.59 Å². The molecule has 1 aromatic heterocycles. The highest BCUT2D eigenvalue weighted by Crippen LogP contribution is 2.27. The van der Waals surface area contributed by atoms with Crippen LogP contribution in [0.3, 0.4) is 0 Å². The number of unbranched alkanes of at least 4 members (excludes halogenated alkanes) is 3. The van der Waals surface area contributed by atoms with Gasteiger partial charge in [-0.3, -0.25) is 20.2 Å². The molecule has 0 bridgehead atoms. The Morgan fingerprint density at radius 3 is 2.36 bits per heavy atom. The molecule has 0 spiro atoms. The predicted molar refractivity (Wildman–Crippen MR) is 171 cm³/mol. The van der Waals surface area contributed by atoms with Gasteiger partial charge in [0.05, 0.1) is 22.8 Å². The Morgan fingerprint density at radius 1 is 1.00 bits per heavy atom. The maximum absolute atomic E-state index is 12.1. The quantitative estimate of drug-likeness (QED) is 0.0681. The predicted octanol–water partition coefficient (Wildman–Crippen LogP) is 5.64. The zero-order chi connectivity index (χ0) is 32.6. The van der Waals surface area contributed by atoms with Crippen LogP contribution in [0.4, 0.5) is 38.3 Å². The molecular formula is C30H39N9O6. The molecule has 240 valence electrons. The van der Waals surface area contributed by atoms with E-state index in [0.29, 0.717) is 43.2 Å². The number of H-pyrrole nitrogens is 1. The van der Waals surface area contributed by atoms with Crippen LogP contribution in [0.15, 0.2) is 63.6 Å². The van der Waals surface area contributed by atoms with E-state index < -0.39 is 22.6 Å². The minimum absolute atomic E-state index is 0.00424. The fourth-order valence-electron chi connectivity index (χ4n) is 4.26. The first-order valence-corrected chi connectivity index (χ1v) is 14.7. The molecule has 3 amide bonds. The largest absolute Gasteiger partial charge is 0.448 e. The second-order valence-corrected chi connectivity index (χ2v) is 10.1. The normalized spacial score (nSPS) is 10.8. The monoisotopic (exact) mass is 621 g/mol. The number of urea groups is 1. The number of non-ortho nitro benzene ring substituents is 1. The molecule has 1 heterocycles. The molecule has 15 heteroatoms. The molecular weight excluding hydrogens is 582 g/mol. The molecule has 15 nitrogen and oxygen atoms in total. The molecule has 3 rings (SSSR count). The summed E-state index contributed by atoms with van der Waals surface area (Å²) in [4.78, 5) is 54.3. The minimum atomic E-state index is -0.467. The number of rotatable bonds is 16. The number of hydrogen-bond acceptors (Lipinski definition) is 10. The summed E-state index contributed by atoms with van der Waals surface area (Å²) < 4.78 is 5.35. The van der Waals surface area contributed by atoms with Crippen molar-refractivity contribution in [2.75, 3.05) is 43.0 Å². The average molecular weight is 622 g/mol. The van der Waals surface area contributed by atoms with Crippen molar-refractivity contribution < 1.29 is 19.2 Å². The van der Waals surface area contributed by atoms with Gasteiger partial charge in [-0.05, 0) is 69.5 Å². The van der Waals surface area contributed by atoms with Crippen LogP contribution < -0.4 is 26.4 Å². The Balaban J connectivity index is 1.28. The number of nitro benzene ring substituents is 1. The topological polar surface area (TPSA) is 196 Å². The molecule has 0 fully saturated rings. The smallest absolute Gasteiger partial charge is 0.407 e. The first-order valence-electron chi connectivity index (χ1n) is 14.7. The zero-order valence-corrected chi connectivity index (χ0v) is 25.7. The zero-order valence-electron chi connectivity index (χ0n) is 25.7. The van der Waals surface area contributed by atoms with Crippen LogP contribution >= 0.6 is 0 Å². The summed E-state index contributed by atoms with van der Waals surface area (Å²) >= 11 is 0. The van der Waals surface area contributed by atoms with E-state index in [0.717, 1.165) is 36.9 Å². The van der Waals surface area contributed by atoms with Gasteiger partial charge < -0.3 is 25.3 Å². The van der Waals surface area contributed by atoms with E-state index in [1.807, 2.05) is 32.0 Å². The Bertz CT molecular complexity index is 1530. The van der Waals surface area contributed by atoms with Gasteiger partial charge in [-0.2, -0.15) is 15.2 Å². The number of hydrogen-bond donors (Lipinski definition) is 4. The highest BCUT2D eigenvalue weighted by Gasteiger charge is 2.10. The lowest BCUT2D eigenvalue weighted by molar-refractivity contribution is -0.384. The van der Waals surface area contributed by atoms with Crippen LogP contribution in [0.2, 0.25) is 0 Å². The van der Waals surface area contributed by atoms with Crippen LogP contribution in [0.25, 0.3) is 0 Å². The van der Waals surface area contributed by atoms with E-state index in [1.165, 1.54) is 18.2 Å². The Kier molecular flexibility index (Phi) is 13.4. The summed E-state index contributed by atoms with van der Waals surface area (Å²) in [5.41, 5.74) is 3.24. The number of anilines is 2. The summed E-state index contributed by atoms with van der Waals surface area (Å²) in [6.07, 6.45) is 2.84. The number of carbonyl (C=O) groups is 2. The third kappa shape index (κ3) is 12.1. The van der Waals surface area contributed by atoms with Crippen LogP contribution in [0.1, 0.15) is 43.9 Å². The number of carbonyl (C=O) groups excluding carboxylic acids is 2. The first kappa shape index (κ1) is 34.2. The number of benzene rings is 2. The minimum Gasteiger partial charge on any atom is -0.448 e. The van der Waals surface area contributed by atoms with Gasteiger partial charge in [0.2, 0.25) is 5.95 Å². The number of amides is 3. The lowest BCUT2D eigenvalue weighted by Gasteiger charge is -2.23. The van der Waals surface area contributed by atoms with Gasteiger partial charge in [0, 0.05) is 49.2 Å². The van der Waals surface area contributed by atoms with Crippen LogP contribution in [-0.4, -0.2) is 59.8 Å². The van der Waals surface area contributed by atoms with Gasteiger partial charge in [-0.15, -0.1) is 0 Å². The molecule has 0 aliphatic rings. The SMILES string of the molecule is CCN(CCOC(=O)NCCCCCCNC(=O)Nc1nc(=O)cc(C)[nH]1)c1ccc(/N=N/c2ccc([N+](=O)[O-])cc2)c(C)c1. The molecule has 0 atom stereocenters. The first-order chi connectivity index (χ1) is 21.6. The second kappa shape index (κ2) is 17.7. The van der Waals surface area contributed by atoms with Gasteiger partial charge in [0.1, 0.15) is 6.61 Å². The fourth-order valence-corrected chi connectivity index (χ4v) is 4.26. The number of azo groups is 1. The molecule has 0 aliphatic heterocycles. The summed E-state index contributed by atoms with van der Waals surface area (Å²) in [6, 6.07) is 12.5. The van der Waals surface area contributed by atoms with Crippen molar-refractivity contribution in [1.29, 1.82) is 0 Å². The van der Waals surface area contributed by atoms with Crippen molar-refractivity contribution in [1.82, 2.24) is 20.6 Å². The Hall–Kier alpha value is -5.34. The standard InChI is InChI=1S/C30H39N9O6/c1-4-38(25-13-14-26(21(2)19-25)37-36-23-9-11-24(12-10-23)39(43)44)17-18-45-30(42)32-16-8-6-5-7-15-31-29(41)35-28-33-22(3)20-27(40)34-28/h9-14,19-20H,4-8,15-18H2,1-3H3,(H,32,42)(H3,31,33,34,35,40,41)/b37-36+. The molecule has 3 aromatic rings. The maximum atomic E-state index is 12.1. The molecule has 0 unspecified atom stereocenters. The molecule has 0 saturated heterocycles. The molecule has 4 N–H and O–H groups in total. The lowest BCUT2D eigenvalue weighted by Crippen LogP contribution is -2.31. The Morgan fingerprint density at radius 2 is 1.71 bits per heavy atom. The van der Waals surface area contributed by atoms with Crippen molar-refractivity contribution in [2.24, 2.45) is 10.2 Å². The number of aryl methyl sites for hydroxylation is 2. The molecule has 0 saturated carbocycles. The van der Waals surface area contributed by atoms with Crippen molar-refractivity contribution in [3.63, 3.8) is 0 Å². The third-order valence-electron chi connectivity index (χ3n) is 6.62. The maximum Gasteiger partial charge on any atom is 0.407 e. The van der Waals surface area contributed by atoms with E-state index in [2.05, 4.69) is 41.0 Å². The molecule has 0 aliphatic carbocycles. The van der Waals surface area contributed by atoms with E-state index >= 15 is 0 Å². The fraction of sp³-hybridized carbons (Fsp3) is 0.400. The van der Waals surface area contributed by atoms with Crippen LogP contribution in [0.5, 0.6) is 0 Å². The second-order valence-electron chi connectivity index (χ2n) is 10.1. The number of ether oxygens (including phenoxy) is 1. The van der Waals surface area contributed by atoms with Gasteiger partial charge in [-0.1, -0.05) is 12.8 Å². The van der Waals surface area contributed by atoms with Crippen molar-refractivity contribution in [2.45, 2.75) is 46.5 Å². The number of nitrogens with one attached hydrogen (secondary N) is 4. The number of likely N-dealkylation sites (N-methyl/N-ethyl adjacent to an activating group) is 1. The summed E-state index contributed by atoms with van der Waals surface area (Å²) in [5, 5.41) is 27.2. The molecule has 2 aromatic carbocycles. The van der Waals surface area contributed by atoms with Crippen molar-refractivity contribution >= 4 is 40.8 Å². The van der Waals surface area contributed by atoms with E-state index in [9.17, 15) is 24.5 Å². The molecule has 0 radical (unpaired) electrons. The van der Waals surface area contributed by atoms with Gasteiger partial charge in [0.15, 0.2) is 0 Å². The third-order valence-corrected chi connectivity index (χ3v) is 6.62. The lowest BCUT2D eigenvalue weighted by atomic mass is 10.1.